The molecule has 0 bridgehead atoms. The van der Waals surface area contributed by atoms with Gasteiger partial charge in [0.15, 0.2) is 0 Å². The summed E-state index contributed by atoms with van der Waals surface area (Å²) < 4.78 is 31.2. The Labute approximate surface area is 206 Å². The van der Waals surface area contributed by atoms with Gasteiger partial charge in [-0.1, -0.05) is 37.6 Å². The second kappa shape index (κ2) is 12.1. The maximum absolute atomic E-state index is 13.4. The van der Waals surface area contributed by atoms with E-state index < -0.39 is 28.5 Å². The fourth-order valence-electron chi connectivity index (χ4n) is 3.18. The summed E-state index contributed by atoms with van der Waals surface area (Å²) in [6.07, 6.45) is 1.03. The van der Waals surface area contributed by atoms with Gasteiger partial charge in [0.2, 0.25) is 21.8 Å². The minimum absolute atomic E-state index is 0.122. The molecule has 10 heteroatoms. The SMILES string of the molecule is COc1ccc(CN(C(=O)CN(c2ccc(Cl)cc2)S(C)(=O)=O)[C@H](C)C(=O)NCC(C)C)cc1. The summed E-state index contributed by atoms with van der Waals surface area (Å²) in [4.78, 5) is 27.6. The smallest absolute Gasteiger partial charge is 0.244 e. The summed E-state index contributed by atoms with van der Waals surface area (Å²) in [5.41, 5.74) is 1.08. The highest BCUT2D eigenvalue weighted by Crippen LogP contribution is 2.22. The molecule has 2 rings (SSSR count). The van der Waals surface area contributed by atoms with Crippen LogP contribution >= 0.6 is 11.6 Å². The number of hydrogen-bond donors (Lipinski definition) is 1. The first kappa shape index (κ1) is 27.5. The van der Waals surface area contributed by atoms with Crippen molar-refractivity contribution >= 4 is 39.1 Å². The number of anilines is 1. The van der Waals surface area contributed by atoms with Gasteiger partial charge in [0.25, 0.3) is 0 Å². The first-order valence-electron chi connectivity index (χ1n) is 10.9. The Balaban J connectivity index is 2.34. The number of carbonyl (C=O) groups excluding carboxylic acids is 2. The van der Waals surface area contributed by atoms with Crippen LogP contribution in [0.25, 0.3) is 0 Å². The number of hydrogen-bond acceptors (Lipinski definition) is 5. The van der Waals surface area contributed by atoms with Gasteiger partial charge in [-0.15, -0.1) is 0 Å². The average molecular weight is 510 g/mol. The Kier molecular flexibility index (Phi) is 9.76. The number of nitrogens with zero attached hydrogens (tertiary/aromatic N) is 2. The molecule has 0 spiro atoms. The van der Waals surface area contributed by atoms with Crippen molar-refractivity contribution in [3.63, 3.8) is 0 Å². The predicted molar refractivity (Wildman–Crippen MR) is 134 cm³/mol. The summed E-state index contributed by atoms with van der Waals surface area (Å²) in [5.74, 6) is 0.0826. The van der Waals surface area contributed by atoms with Gasteiger partial charge < -0.3 is 15.0 Å². The van der Waals surface area contributed by atoms with Crippen molar-refractivity contribution in [2.24, 2.45) is 5.92 Å². The number of nitrogens with one attached hydrogen (secondary N) is 1. The molecule has 0 fully saturated rings. The van der Waals surface area contributed by atoms with E-state index in [-0.39, 0.29) is 18.4 Å². The number of amides is 2. The van der Waals surface area contributed by atoms with Crippen LogP contribution < -0.4 is 14.4 Å². The lowest BCUT2D eigenvalue weighted by Crippen LogP contribution is -2.51. The molecule has 34 heavy (non-hydrogen) atoms. The van der Waals surface area contributed by atoms with Crippen LogP contribution in [-0.4, -0.2) is 57.6 Å². The molecule has 0 radical (unpaired) electrons. The Morgan fingerprint density at radius 2 is 1.62 bits per heavy atom. The molecule has 2 aromatic rings. The number of methoxy groups -OCH3 is 1. The molecule has 0 aromatic heterocycles. The average Bonchev–Trinajstić information content (AvgIpc) is 2.79. The zero-order chi connectivity index (χ0) is 25.5. The number of rotatable bonds is 11. The van der Waals surface area contributed by atoms with Crippen LogP contribution in [0.2, 0.25) is 5.02 Å². The predicted octanol–water partition coefficient (Wildman–Crippen LogP) is 3.30. The number of carbonyl (C=O) groups is 2. The molecule has 0 saturated heterocycles. The van der Waals surface area contributed by atoms with E-state index in [0.717, 1.165) is 16.1 Å². The highest BCUT2D eigenvalue weighted by Gasteiger charge is 2.30. The third-order valence-electron chi connectivity index (χ3n) is 5.16. The zero-order valence-electron chi connectivity index (χ0n) is 20.1. The molecule has 1 atom stereocenters. The Morgan fingerprint density at radius 1 is 1.03 bits per heavy atom. The van der Waals surface area contributed by atoms with Crippen molar-refractivity contribution in [2.45, 2.75) is 33.4 Å². The lowest BCUT2D eigenvalue weighted by Gasteiger charge is -2.31. The van der Waals surface area contributed by atoms with Crippen molar-refractivity contribution < 1.29 is 22.7 Å². The van der Waals surface area contributed by atoms with Gasteiger partial charge in [0.05, 0.1) is 19.1 Å². The number of ether oxygens (including phenoxy) is 1. The van der Waals surface area contributed by atoms with Gasteiger partial charge in [-0.3, -0.25) is 13.9 Å². The first-order chi connectivity index (χ1) is 15.9. The van der Waals surface area contributed by atoms with Crippen LogP contribution in [0.4, 0.5) is 5.69 Å². The molecule has 0 aliphatic rings. The fraction of sp³-hybridized carbons (Fsp3) is 0.417. The van der Waals surface area contributed by atoms with E-state index >= 15 is 0 Å². The molecular weight excluding hydrogens is 478 g/mol. The maximum atomic E-state index is 13.4. The minimum atomic E-state index is -3.78. The van der Waals surface area contributed by atoms with Crippen molar-refractivity contribution in [2.75, 3.05) is 30.8 Å². The van der Waals surface area contributed by atoms with Gasteiger partial charge in [-0.25, -0.2) is 8.42 Å². The summed E-state index contributed by atoms with van der Waals surface area (Å²) in [5, 5.41) is 3.29. The molecule has 0 aliphatic carbocycles. The van der Waals surface area contributed by atoms with Crippen molar-refractivity contribution in [1.29, 1.82) is 0 Å². The summed E-state index contributed by atoms with van der Waals surface area (Å²) in [6, 6.07) is 12.5. The molecule has 0 saturated carbocycles. The minimum Gasteiger partial charge on any atom is -0.497 e. The quantitative estimate of drug-likeness (QED) is 0.501. The van der Waals surface area contributed by atoms with Gasteiger partial charge in [0.1, 0.15) is 18.3 Å². The van der Waals surface area contributed by atoms with E-state index in [1.165, 1.54) is 17.0 Å². The van der Waals surface area contributed by atoms with E-state index in [1.54, 1.807) is 50.4 Å². The first-order valence-corrected chi connectivity index (χ1v) is 13.1. The van der Waals surface area contributed by atoms with E-state index in [2.05, 4.69) is 5.32 Å². The second-order valence-electron chi connectivity index (χ2n) is 8.43. The highest BCUT2D eigenvalue weighted by molar-refractivity contribution is 7.92. The molecule has 0 aliphatic heterocycles. The zero-order valence-corrected chi connectivity index (χ0v) is 21.7. The number of halogens is 1. The van der Waals surface area contributed by atoms with Crippen LogP contribution in [-0.2, 0) is 26.2 Å². The van der Waals surface area contributed by atoms with E-state index in [4.69, 9.17) is 16.3 Å². The van der Waals surface area contributed by atoms with Crippen LogP contribution in [0.3, 0.4) is 0 Å². The fourth-order valence-corrected chi connectivity index (χ4v) is 4.16. The highest BCUT2D eigenvalue weighted by atomic mass is 35.5. The number of sulfonamides is 1. The van der Waals surface area contributed by atoms with E-state index in [1.807, 2.05) is 13.8 Å². The molecule has 8 nitrogen and oxygen atoms in total. The topological polar surface area (TPSA) is 96.0 Å². The Bertz CT molecular complexity index is 1070. The molecule has 2 amide bonds. The van der Waals surface area contributed by atoms with Gasteiger partial charge in [-0.2, -0.15) is 0 Å². The standard InChI is InChI=1S/C24H32ClN3O5S/c1-17(2)14-26-24(30)18(3)27(15-19-6-12-22(33-4)13-7-19)23(29)16-28(34(5,31)32)21-10-8-20(25)9-11-21/h6-13,17-18H,14-16H2,1-5H3,(H,26,30)/t18-/m1/s1. The molecule has 2 aromatic carbocycles. The van der Waals surface area contributed by atoms with Crippen LogP contribution in [0.1, 0.15) is 26.3 Å². The summed E-state index contributed by atoms with van der Waals surface area (Å²) in [6.45, 7) is 5.70. The third-order valence-corrected chi connectivity index (χ3v) is 6.55. The van der Waals surface area contributed by atoms with Gasteiger partial charge in [0, 0.05) is 18.1 Å². The monoisotopic (exact) mass is 509 g/mol. The Hall–Kier alpha value is -2.78. The maximum Gasteiger partial charge on any atom is 0.244 e. The van der Waals surface area contributed by atoms with Crippen molar-refractivity contribution in [1.82, 2.24) is 10.2 Å². The van der Waals surface area contributed by atoms with E-state index in [0.29, 0.717) is 23.0 Å². The van der Waals surface area contributed by atoms with Crippen molar-refractivity contribution in [3.05, 3.63) is 59.1 Å². The number of benzene rings is 2. The largest absolute Gasteiger partial charge is 0.497 e. The summed E-state index contributed by atoms with van der Waals surface area (Å²) >= 11 is 5.93. The van der Waals surface area contributed by atoms with Crippen LogP contribution in [0, 0.1) is 5.92 Å². The molecule has 0 heterocycles. The molecule has 1 N–H and O–H groups in total. The van der Waals surface area contributed by atoms with Gasteiger partial charge >= 0.3 is 0 Å². The van der Waals surface area contributed by atoms with Crippen LogP contribution in [0.15, 0.2) is 48.5 Å². The van der Waals surface area contributed by atoms with Gasteiger partial charge in [-0.05, 0) is 54.8 Å². The summed E-state index contributed by atoms with van der Waals surface area (Å²) in [7, 11) is -2.22. The lowest BCUT2D eigenvalue weighted by molar-refractivity contribution is -0.139. The molecule has 0 unspecified atom stereocenters. The second-order valence-corrected chi connectivity index (χ2v) is 10.8. The molecule has 186 valence electrons. The molecular formula is C24H32ClN3O5S. The Morgan fingerprint density at radius 3 is 2.12 bits per heavy atom. The van der Waals surface area contributed by atoms with Crippen molar-refractivity contribution in [3.8, 4) is 5.75 Å². The normalized spacial score (nSPS) is 12.2. The lowest BCUT2D eigenvalue weighted by atomic mass is 10.1. The third kappa shape index (κ3) is 7.92. The van der Waals surface area contributed by atoms with Crippen LogP contribution in [0.5, 0.6) is 5.75 Å². The van der Waals surface area contributed by atoms with E-state index in [9.17, 15) is 18.0 Å².